The second-order valence-corrected chi connectivity index (χ2v) is 5.77. The monoisotopic (exact) mass is 286 g/mol. The van der Waals surface area contributed by atoms with Crippen molar-refractivity contribution in [2.45, 2.75) is 78.3 Å². The van der Waals surface area contributed by atoms with Crippen LogP contribution in [0, 0.1) is 5.92 Å². The van der Waals surface area contributed by atoms with Crippen LogP contribution in [0.2, 0.25) is 0 Å². The van der Waals surface area contributed by atoms with Crippen molar-refractivity contribution < 1.29 is 14.7 Å². The molecule has 0 fully saturated rings. The number of rotatable bonds is 10. The number of nitrogens with one attached hydrogen (secondary N) is 2. The van der Waals surface area contributed by atoms with Crippen LogP contribution in [0.25, 0.3) is 0 Å². The van der Waals surface area contributed by atoms with Crippen LogP contribution in [-0.2, 0) is 4.79 Å². The van der Waals surface area contributed by atoms with Gasteiger partial charge in [-0.25, -0.2) is 9.59 Å². The third kappa shape index (κ3) is 8.77. The van der Waals surface area contributed by atoms with Gasteiger partial charge in [-0.3, -0.25) is 0 Å². The molecule has 0 aromatic rings. The lowest BCUT2D eigenvalue weighted by atomic mass is 10.0. The number of carboxylic acid groups (broad SMARTS) is 1. The number of aliphatic carboxylic acids is 1. The van der Waals surface area contributed by atoms with Gasteiger partial charge in [0.15, 0.2) is 0 Å². The fourth-order valence-electron chi connectivity index (χ4n) is 2.17. The number of hydrogen-bond donors (Lipinski definition) is 3. The van der Waals surface area contributed by atoms with E-state index in [-0.39, 0.29) is 18.0 Å². The molecule has 0 aromatic carbocycles. The summed E-state index contributed by atoms with van der Waals surface area (Å²) in [5.74, 6) is -0.752. The van der Waals surface area contributed by atoms with Crippen molar-refractivity contribution in [3.8, 4) is 0 Å². The molecular formula is C15H30N2O3. The summed E-state index contributed by atoms with van der Waals surface area (Å²) in [4.78, 5) is 23.0. The molecule has 0 aromatic heterocycles. The summed E-state index contributed by atoms with van der Waals surface area (Å²) in [6.45, 7) is 8.08. The summed E-state index contributed by atoms with van der Waals surface area (Å²) < 4.78 is 0. The molecular weight excluding hydrogens is 256 g/mol. The molecule has 3 N–H and O–H groups in total. The minimum absolute atomic E-state index is 0.133. The molecule has 5 nitrogen and oxygen atoms in total. The van der Waals surface area contributed by atoms with Gasteiger partial charge in [0.05, 0.1) is 0 Å². The molecule has 0 saturated carbocycles. The quantitative estimate of drug-likeness (QED) is 0.577. The smallest absolute Gasteiger partial charge is 0.326 e. The molecule has 118 valence electrons. The van der Waals surface area contributed by atoms with Crippen molar-refractivity contribution in [2.24, 2.45) is 5.92 Å². The van der Waals surface area contributed by atoms with Gasteiger partial charge < -0.3 is 15.7 Å². The van der Waals surface area contributed by atoms with Crippen LogP contribution in [0.1, 0.15) is 66.2 Å². The molecule has 20 heavy (non-hydrogen) atoms. The highest BCUT2D eigenvalue weighted by molar-refractivity contribution is 5.82. The third-order valence-corrected chi connectivity index (χ3v) is 3.19. The second kappa shape index (κ2) is 10.5. The maximum atomic E-state index is 11.9. The fourth-order valence-corrected chi connectivity index (χ4v) is 2.17. The predicted octanol–water partition coefficient (Wildman–Crippen LogP) is 3.14. The number of carbonyl (C=O) groups excluding carboxylic acids is 1. The largest absolute Gasteiger partial charge is 0.480 e. The fraction of sp³-hybridized carbons (Fsp3) is 0.867. The Bertz CT molecular complexity index is 293. The number of amides is 2. The molecule has 5 heteroatoms. The van der Waals surface area contributed by atoms with Crippen molar-refractivity contribution in [1.82, 2.24) is 10.6 Å². The first kappa shape index (κ1) is 18.7. The first-order valence-electron chi connectivity index (χ1n) is 7.70. The van der Waals surface area contributed by atoms with E-state index in [2.05, 4.69) is 24.5 Å². The van der Waals surface area contributed by atoms with Gasteiger partial charge in [0.2, 0.25) is 0 Å². The Hall–Kier alpha value is -1.26. The van der Waals surface area contributed by atoms with Gasteiger partial charge >= 0.3 is 12.0 Å². The van der Waals surface area contributed by atoms with Crippen LogP contribution in [0.15, 0.2) is 0 Å². The second-order valence-electron chi connectivity index (χ2n) is 5.77. The van der Waals surface area contributed by atoms with E-state index in [1.54, 1.807) is 0 Å². The number of urea groups is 1. The van der Waals surface area contributed by atoms with Gasteiger partial charge in [0.1, 0.15) is 6.04 Å². The zero-order chi connectivity index (χ0) is 15.5. The lowest BCUT2D eigenvalue weighted by molar-refractivity contribution is -0.139. The summed E-state index contributed by atoms with van der Waals surface area (Å²) in [5.41, 5.74) is 0. The van der Waals surface area contributed by atoms with Crippen LogP contribution in [0.5, 0.6) is 0 Å². The zero-order valence-corrected chi connectivity index (χ0v) is 13.2. The summed E-state index contributed by atoms with van der Waals surface area (Å²) in [6.07, 6.45) is 5.47. The highest BCUT2D eigenvalue weighted by Crippen LogP contribution is 2.08. The lowest BCUT2D eigenvalue weighted by Gasteiger charge is -2.21. The van der Waals surface area contributed by atoms with E-state index < -0.39 is 12.0 Å². The number of unbranched alkanes of at least 4 members (excludes halogenated alkanes) is 1. The summed E-state index contributed by atoms with van der Waals surface area (Å²) >= 11 is 0. The molecule has 0 radical (unpaired) electrons. The van der Waals surface area contributed by atoms with Crippen molar-refractivity contribution in [2.75, 3.05) is 0 Å². The molecule has 0 spiro atoms. The average Bonchev–Trinajstić information content (AvgIpc) is 2.34. The van der Waals surface area contributed by atoms with Crippen molar-refractivity contribution in [3.05, 3.63) is 0 Å². The first-order chi connectivity index (χ1) is 9.40. The highest BCUT2D eigenvalue weighted by atomic mass is 16.4. The molecule has 0 bridgehead atoms. The van der Waals surface area contributed by atoms with Crippen LogP contribution in [0.4, 0.5) is 4.79 Å². The van der Waals surface area contributed by atoms with Crippen LogP contribution in [-0.4, -0.2) is 29.2 Å². The number of carbonyl (C=O) groups is 2. The Morgan fingerprint density at radius 1 is 1.05 bits per heavy atom. The highest BCUT2D eigenvalue weighted by Gasteiger charge is 2.22. The minimum Gasteiger partial charge on any atom is -0.480 e. The minimum atomic E-state index is -0.977. The summed E-state index contributed by atoms with van der Waals surface area (Å²) in [5, 5.41) is 14.6. The van der Waals surface area contributed by atoms with Crippen LogP contribution in [0.3, 0.4) is 0 Å². The molecule has 0 aliphatic heterocycles. The SMILES string of the molecule is CCCCC(CCC)NC(=O)NC(CC(C)C)C(=O)O. The molecule has 0 heterocycles. The number of carboxylic acids is 1. The molecule has 2 atom stereocenters. The normalized spacial score (nSPS) is 13.8. The third-order valence-electron chi connectivity index (χ3n) is 3.19. The van der Waals surface area contributed by atoms with Crippen molar-refractivity contribution in [1.29, 1.82) is 0 Å². The van der Waals surface area contributed by atoms with Crippen molar-refractivity contribution in [3.63, 3.8) is 0 Å². The van der Waals surface area contributed by atoms with E-state index in [0.29, 0.717) is 6.42 Å². The van der Waals surface area contributed by atoms with E-state index >= 15 is 0 Å². The van der Waals surface area contributed by atoms with Gasteiger partial charge in [0, 0.05) is 6.04 Å². The maximum Gasteiger partial charge on any atom is 0.326 e. The van der Waals surface area contributed by atoms with E-state index in [9.17, 15) is 9.59 Å². The van der Waals surface area contributed by atoms with E-state index in [4.69, 9.17) is 5.11 Å². The Morgan fingerprint density at radius 2 is 1.70 bits per heavy atom. The molecule has 0 aliphatic rings. The Kier molecular flexibility index (Phi) is 9.86. The summed E-state index contributed by atoms with van der Waals surface area (Å²) in [6, 6.07) is -1.05. The van der Waals surface area contributed by atoms with E-state index in [0.717, 1.165) is 32.1 Å². The molecule has 2 amide bonds. The zero-order valence-electron chi connectivity index (χ0n) is 13.2. The maximum absolute atomic E-state index is 11.9. The average molecular weight is 286 g/mol. The van der Waals surface area contributed by atoms with Gasteiger partial charge in [-0.1, -0.05) is 47.0 Å². The van der Waals surface area contributed by atoms with Gasteiger partial charge in [-0.05, 0) is 25.2 Å². The van der Waals surface area contributed by atoms with E-state index in [1.807, 2.05) is 13.8 Å². The molecule has 0 aliphatic carbocycles. The van der Waals surface area contributed by atoms with Gasteiger partial charge in [-0.2, -0.15) is 0 Å². The predicted molar refractivity (Wildman–Crippen MR) is 80.8 cm³/mol. The van der Waals surface area contributed by atoms with Crippen molar-refractivity contribution >= 4 is 12.0 Å². The summed E-state index contributed by atoms with van der Waals surface area (Å²) in [7, 11) is 0. The Morgan fingerprint density at radius 3 is 2.15 bits per heavy atom. The van der Waals surface area contributed by atoms with Crippen LogP contribution < -0.4 is 10.6 Å². The number of hydrogen-bond acceptors (Lipinski definition) is 2. The van der Waals surface area contributed by atoms with E-state index in [1.165, 1.54) is 0 Å². The molecule has 2 unspecified atom stereocenters. The Labute approximate surface area is 122 Å². The topological polar surface area (TPSA) is 78.4 Å². The molecule has 0 saturated heterocycles. The van der Waals surface area contributed by atoms with Gasteiger partial charge in [-0.15, -0.1) is 0 Å². The van der Waals surface area contributed by atoms with Gasteiger partial charge in [0.25, 0.3) is 0 Å². The Balaban J connectivity index is 4.35. The molecule has 0 rings (SSSR count). The van der Waals surface area contributed by atoms with Crippen LogP contribution >= 0.6 is 0 Å². The lowest BCUT2D eigenvalue weighted by Crippen LogP contribution is -2.49. The first-order valence-corrected chi connectivity index (χ1v) is 7.70. The standard InChI is InChI=1S/C15H30N2O3/c1-5-7-9-12(8-6-2)16-15(20)17-13(14(18)19)10-11(3)4/h11-13H,5-10H2,1-4H3,(H,18,19)(H2,16,17,20).